The maximum absolute atomic E-state index is 12.4. The second-order valence-electron chi connectivity index (χ2n) is 7.04. The van der Waals surface area contributed by atoms with Gasteiger partial charge in [0.05, 0.1) is 6.04 Å². The number of carbonyl (C=O) groups is 2. The predicted molar refractivity (Wildman–Crippen MR) is 97.3 cm³/mol. The molecule has 1 aromatic rings. The van der Waals surface area contributed by atoms with Crippen molar-refractivity contribution in [3.63, 3.8) is 0 Å². The molecule has 6 nitrogen and oxygen atoms in total. The van der Waals surface area contributed by atoms with Crippen LogP contribution < -0.4 is 16.4 Å². The van der Waals surface area contributed by atoms with Crippen molar-refractivity contribution in [3.05, 3.63) is 34.9 Å². The summed E-state index contributed by atoms with van der Waals surface area (Å²) < 4.78 is 0. The van der Waals surface area contributed by atoms with Gasteiger partial charge in [0.2, 0.25) is 0 Å². The van der Waals surface area contributed by atoms with E-state index in [9.17, 15) is 9.59 Å². The first-order valence-electron chi connectivity index (χ1n) is 8.87. The van der Waals surface area contributed by atoms with E-state index in [1.807, 2.05) is 24.3 Å². The second-order valence-corrected chi connectivity index (χ2v) is 7.48. The molecule has 1 saturated heterocycles. The van der Waals surface area contributed by atoms with Crippen LogP contribution >= 0.6 is 11.6 Å². The number of nitrogens with two attached hydrogens (primary N) is 1. The molecule has 1 heterocycles. The van der Waals surface area contributed by atoms with Crippen LogP contribution in [-0.2, 0) is 0 Å². The third-order valence-electron chi connectivity index (χ3n) is 5.19. The number of likely N-dealkylation sites (tertiary alicyclic amines) is 1. The van der Waals surface area contributed by atoms with E-state index in [1.54, 1.807) is 4.90 Å². The van der Waals surface area contributed by atoms with Gasteiger partial charge in [0.1, 0.15) is 0 Å². The third kappa shape index (κ3) is 4.57. The van der Waals surface area contributed by atoms with Gasteiger partial charge in [-0.05, 0) is 36.5 Å². The van der Waals surface area contributed by atoms with E-state index in [2.05, 4.69) is 10.6 Å². The molecule has 1 saturated carbocycles. The second kappa shape index (κ2) is 7.95. The molecule has 4 N–H and O–H groups in total. The minimum absolute atomic E-state index is 0.0234. The summed E-state index contributed by atoms with van der Waals surface area (Å²) in [5.41, 5.74) is 6.26. The minimum atomic E-state index is -0.400. The molecular weight excluding hydrogens is 340 g/mol. The Morgan fingerprint density at radius 1 is 1.28 bits per heavy atom. The summed E-state index contributed by atoms with van der Waals surface area (Å²) in [6.07, 6.45) is 4.65. The van der Waals surface area contributed by atoms with E-state index in [0.717, 1.165) is 18.4 Å². The molecule has 25 heavy (non-hydrogen) atoms. The molecule has 3 rings (SSSR count). The number of nitrogens with zero attached hydrogens (tertiary/aromatic N) is 1. The van der Waals surface area contributed by atoms with Gasteiger partial charge in [0.15, 0.2) is 0 Å². The lowest BCUT2D eigenvalue weighted by Crippen LogP contribution is -2.56. The Labute approximate surface area is 153 Å². The lowest BCUT2D eigenvalue weighted by molar-refractivity contribution is 0.127. The highest BCUT2D eigenvalue weighted by Gasteiger charge is 2.31. The van der Waals surface area contributed by atoms with Crippen molar-refractivity contribution in [2.75, 3.05) is 19.6 Å². The summed E-state index contributed by atoms with van der Waals surface area (Å²) >= 11 is 6.13. The summed E-state index contributed by atoms with van der Waals surface area (Å²) in [6, 6.07) is 7.12. The van der Waals surface area contributed by atoms with E-state index < -0.39 is 6.03 Å². The van der Waals surface area contributed by atoms with Crippen molar-refractivity contribution in [2.45, 2.75) is 31.7 Å². The molecule has 136 valence electrons. The van der Waals surface area contributed by atoms with E-state index in [0.29, 0.717) is 30.6 Å². The van der Waals surface area contributed by atoms with Crippen molar-refractivity contribution in [1.29, 1.82) is 0 Å². The molecule has 0 aromatic heterocycles. The zero-order chi connectivity index (χ0) is 17.8. The van der Waals surface area contributed by atoms with Crippen molar-refractivity contribution >= 4 is 23.7 Å². The molecule has 4 amide bonds. The molecule has 1 aromatic carbocycles. The average Bonchev–Trinajstić information content (AvgIpc) is 3.04. The zero-order valence-corrected chi connectivity index (χ0v) is 15.0. The molecule has 1 aliphatic heterocycles. The molecule has 0 radical (unpaired) electrons. The summed E-state index contributed by atoms with van der Waals surface area (Å²) in [5, 5.41) is 6.73. The van der Waals surface area contributed by atoms with Gasteiger partial charge in [0.25, 0.3) is 0 Å². The quantitative estimate of drug-likeness (QED) is 0.750. The number of halogens is 1. The summed E-state index contributed by atoms with van der Waals surface area (Å²) in [5.74, 6) is 0.715. The van der Waals surface area contributed by atoms with Crippen molar-refractivity contribution < 1.29 is 9.59 Å². The normalized spacial score (nSPS) is 19.3. The topological polar surface area (TPSA) is 87.5 Å². The summed E-state index contributed by atoms with van der Waals surface area (Å²) in [4.78, 5) is 24.9. The van der Waals surface area contributed by atoms with Crippen molar-refractivity contribution in [3.8, 4) is 0 Å². The molecule has 0 unspecified atom stereocenters. The lowest BCUT2D eigenvalue weighted by Gasteiger charge is -2.38. The van der Waals surface area contributed by atoms with Gasteiger partial charge in [-0.2, -0.15) is 0 Å². The van der Waals surface area contributed by atoms with E-state index in [-0.39, 0.29) is 18.0 Å². The van der Waals surface area contributed by atoms with Crippen molar-refractivity contribution in [2.24, 2.45) is 17.6 Å². The number of urea groups is 2. The van der Waals surface area contributed by atoms with Crippen LogP contribution in [0.15, 0.2) is 24.3 Å². The molecule has 0 bridgehead atoms. The van der Waals surface area contributed by atoms with Crippen LogP contribution in [0, 0.1) is 11.8 Å². The smallest absolute Gasteiger partial charge is 0.315 e. The fourth-order valence-corrected chi connectivity index (χ4v) is 3.97. The SMILES string of the molecule is NC(=O)N1CC(CNC(=O)N[C@H](c2cccc(Cl)c2)C2CCCC2)C1. The fourth-order valence-electron chi connectivity index (χ4n) is 3.77. The highest BCUT2D eigenvalue weighted by Crippen LogP contribution is 2.36. The van der Waals surface area contributed by atoms with Crippen LogP contribution in [0.5, 0.6) is 0 Å². The maximum atomic E-state index is 12.4. The molecule has 2 fully saturated rings. The Hall–Kier alpha value is -1.95. The molecule has 1 aliphatic carbocycles. The summed E-state index contributed by atoms with van der Waals surface area (Å²) in [6.45, 7) is 1.76. The number of primary amides is 1. The number of benzene rings is 1. The Morgan fingerprint density at radius 3 is 2.64 bits per heavy atom. The van der Waals surface area contributed by atoms with Crippen LogP contribution in [0.4, 0.5) is 9.59 Å². The van der Waals surface area contributed by atoms with Gasteiger partial charge in [0, 0.05) is 30.6 Å². The maximum Gasteiger partial charge on any atom is 0.315 e. The van der Waals surface area contributed by atoms with Crippen LogP contribution in [0.3, 0.4) is 0 Å². The average molecular weight is 365 g/mol. The predicted octanol–water partition coefficient (Wildman–Crippen LogP) is 2.88. The Kier molecular flexibility index (Phi) is 5.68. The van der Waals surface area contributed by atoms with E-state index in [1.165, 1.54) is 12.8 Å². The first-order chi connectivity index (χ1) is 12.0. The van der Waals surface area contributed by atoms with Crippen molar-refractivity contribution in [1.82, 2.24) is 15.5 Å². The largest absolute Gasteiger partial charge is 0.351 e. The van der Waals surface area contributed by atoms with Gasteiger partial charge in [-0.15, -0.1) is 0 Å². The molecule has 2 aliphatic rings. The molecular formula is C18H25ClN4O2. The van der Waals surface area contributed by atoms with Gasteiger partial charge >= 0.3 is 12.1 Å². The molecule has 0 spiro atoms. The molecule has 1 atom stereocenters. The van der Waals surface area contributed by atoms with Crippen LogP contribution in [-0.4, -0.2) is 36.6 Å². The van der Waals surface area contributed by atoms with Crippen LogP contribution in [0.1, 0.15) is 37.3 Å². The number of nitrogens with one attached hydrogen (secondary N) is 2. The lowest BCUT2D eigenvalue weighted by atomic mass is 9.92. The number of carbonyl (C=O) groups excluding carboxylic acids is 2. The number of rotatable bonds is 5. The van der Waals surface area contributed by atoms with E-state index >= 15 is 0 Å². The third-order valence-corrected chi connectivity index (χ3v) is 5.42. The highest BCUT2D eigenvalue weighted by molar-refractivity contribution is 6.30. The number of hydrogen-bond donors (Lipinski definition) is 3. The van der Waals surface area contributed by atoms with Gasteiger partial charge in [-0.3, -0.25) is 0 Å². The van der Waals surface area contributed by atoms with Gasteiger partial charge < -0.3 is 21.3 Å². The molecule has 7 heteroatoms. The Morgan fingerprint density at radius 2 is 2.00 bits per heavy atom. The first kappa shape index (κ1) is 17.9. The first-order valence-corrected chi connectivity index (χ1v) is 9.25. The van der Waals surface area contributed by atoms with Crippen LogP contribution in [0.2, 0.25) is 5.02 Å². The number of hydrogen-bond acceptors (Lipinski definition) is 2. The standard InChI is InChI=1S/C18H25ClN4O2/c19-15-7-3-6-14(8-15)16(13-4-1-2-5-13)22-18(25)21-9-12-10-23(11-12)17(20)24/h3,6-8,12-13,16H,1-2,4-5,9-11H2,(H2,20,24)(H2,21,22,25)/t16-/m0/s1. The summed E-state index contributed by atoms with van der Waals surface area (Å²) in [7, 11) is 0. The number of amides is 4. The minimum Gasteiger partial charge on any atom is -0.351 e. The van der Waals surface area contributed by atoms with Crippen LogP contribution in [0.25, 0.3) is 0 Å². The van der Waals surface area contributed by atoms with Gasteiger partial charge in [-0.1, -0.05) is 36.6 Å². The Bertz CT molecular complexity index is 627. The highest BCUT2D eigenvalue weighted by atomic mass is 35.5. The van der Waals surface area contributed by atoms with Gasteiger partial charge in [-0.25, -0.2) is 9.59 Å². The fraction of sp³-hybridized carbons (Fsp3) is 0.556. The van der Waals surface area contributed by atoms with E-state index in [4.69, 9.17) is 17.3 Å². The zero-order valence-electron chi connectivity index (χ0n) is 14.2. The Balaban J connectivity index is 1.55. The monoisotopic (exact) mass is 364 g/mol.